The van der Waals surface area contributed by atoms with E-state index in [2.05, 4.69) is 5.32 Å². The number of benzene rings is 1. The number of rotatable bonds is 8. The maximum Gasteiger partial charge on any atom is 0.215 e. The monoisotopic (exact) mass is 304 g/mol. The molecular formula is C13H21ClN2O2S. The largest absolute Gasteiger partial charge is 0.316 e. The summed E-state index contributed by atoms with van der Waals surface area (Å²) in [6, 6.07) is 7.20. The summed E-state index contributed by atoms with van der Waals surface area (Å²) >= 11 is 5.80. The van der Waals surface area contributed by atoms with Crippen molar-refractivity contribution in [3.8, 4) is 0 Å². The van der Waals surface area contributed by atoms with Crippen LogP contribution in [0.5, 0.6) is 0 Å². The zero-order chi connectivity index (χ0) is 14.3. The Kier molecular flexibility index (Phi) is 6.79. The van der Waals surface area contributed by atoms with Gasteiger partial charge in [-0.15, -0.1) is 0 Å². The highest BCUT2D eigenvalue weighted by molar-refractivity contribution is 7.89. The van der Waals surface area contributed by atoms with Gasteiger partial charge in [-0.25, -0.2) is 12.7 Å². The molecule has 0 aliphatic carbocycles. The Morgan fingerprint density at radius 1 is 1.21 bits per heavy atom. The fourth-order valence-corrected chi connectivity index (χ4v) is 2.79. The lowest BCUT2D eigenvalue weighted by atomic mass is 10.2. The van der Waals surface area contributed by atoms with Crippen LogP contribution >= 0.6 is 11.6 Å². The van der Waals surface area contributed by atoms with Crippen molar-refractivity contribution < 1.29 is 8.42 Å². The zero-order valence-corrected chi connectivity index (χ0v) is 13.0. The first kappa shape index (κ1) is 16.4. The van der Waals surface area contributed by atoms with Gasteiger partial charge in [0.2, 0.25) is 10.0 Å². The third-order valence-electron chi connectivity index (χ3n) is 2.76. The van der Waals surface area contributed by atoms with Gasteiger partial charge >= 0.3 is 0 Å². The zero-order valence-electron chi connectivity index (χ0n) is 11.4. The summed E-state index contributed by atoms with van der Waals surface area (Å²) in [6.07, 6.45) is 1.00. The first-order valence-corrected chi connectivity index (χ1v) is 8.33. The summed E-state index contributed by atoms with van der Waals surface area (Å²) in [6.45, 7) is 3.75. The standard InChI is InChI=1S/C13H21ClN2O2S/c1-3-8-15-9-10-19(17,18)16(2)11-12-4-6-13(14)7-5-12/h4-7,15H,3,8-11H2,1-2H3. The molecule has 0 heterocycles. The molecule has 0 fully saturated rings. The molecule has 0 unspecified atom stereocenters. The third kappa shape index (κ3) is 5.91. The minimum Gasteiger partial charge on any atom is -0.316 e. The molecule has 0 spiro atoms. The second kappa shape index (κ2) is 7.85. The second-order valence-corrected chi connectivity index (χ2v) is 7.08. The van der Waals surface area contributed by atoms with Crippen LogP contribution in [0, 0.1) is 0 Å². The molecule has 4 nitrogen and oxygen atoms in total. The van der Waals surface area contributed by atoms with Gasteiger partial charge in [0.1, 0.15) is 0 Å². The van der Waals surface area contributed by atoms with Gasteiger partial charge < -0.3 is 5.32 Å². The maximum atomic E-state index is 12.0. The normalized spacial score (nSPS) is 12.0. The Balaban J connectivity index is 2.51. The summed E-state index contributed by atoms with van der Waals surface area (Å²) < 4.78 is 25.4. The number of hydrogen-bond donors (Lipinski definition) is 1. The molecular weight excluding hydrogens is 284 g/mol. The van der Waals surface area contributed by atoms with Crippen LogP contribution < -0.4 is 5.32 Å². The summed E-state index contributed by atoms with van der Waals surface area (Å²) in [5.41, 5.74) is 0.928. The molecule has 19 heavy (non-hydrogen) atoms. The molecule has 1 rings (SSSR count). The molecule has 0 aliphatic rings. The van der Waals surface area contributed by atoms with E-state index in [-0.39, 0.29) is 5.75 Å². The van der Waals surface area contributed by atoms with Gasteiger partial charge in [0.25, 0.3) is 0 Å². The van der Waals surface area contributed by atoms with Gasteiger partial charge in [-0.1, -0.05) is 30.7 Å². The number of nitrogens with one attached hydrogen (secondary N) is 1. The molecule has 0 aliphatic heterocycles. The first-order chi connectivity index (χ1) is 8.95. The van der Waals surface area contributed by atoms with Crippen molar-refractivity contribution in [2.75, 3.05) is 25.9 Å². The fourth-order valence-electron chi connectivity index (χ4n) is 1.60. The maximum absolute atomic E-state index is 12.0. The van der Waals surface area contributed by atoms with Crippen molar-refractivity contribution in [1.82, 2.24) is 9.62 Å². The van der Waals surface area contributed by atoms with Crippen molar-refractivity contribution in [2.45, 2.75) is 19.9 Å². The van der Waals surface area contributed by atoms with Crippen molar-refractivity contribution in [2.24, 2.45) is 0 Å². The predicted molar refractivity (Wildman–Crippen MR) is 79.9 cm³/mol. The van der Waals surface area contributed by atoms with Crippen LogP contribution in [0.25, 0.3) is 0 Å². The highest BCUT2D eigenvalue weighted by atomic mass is 35.5. The van der Waals surface area contributed by atoms with E-state index in [0.717, 1.165) is 18.5 Å². The number of sulfonamides is 1. The quantitative estimate of drug-likeness (QED) is 0.748. The van der Waals surface area contributed by atoms with Crippen LogP contribution in [-0.2, 0) is 16.6 Å². The minimum atomic E-state index is -3.21. The van der Waals surface area contributed by atoms with Crippen molar-refractivity contribution in [3.63, 3.8) is 0 Å². The van der Waals surface area contributed by atoms with Crippen molar-refractivity contribution in [3.05, 3.63) is 34.9 Å². The topological polar surface area (TPSA) is 49.4 Å². The summed E-state index contributed by atoms with van der Waals surface area (Å²) in [4.78, 5) is 0. The number of nitrogens with zero attached hydrogens (tertiary/aromatic N) is 1. The Labute approximate surface area is 120 Å². The molecule has 0 bridgehead atoms. The van der Waals surface area contributed by atoms with E-state index in [9.17, 15) is 8.42 Å². The van der Waals surface area contributed by atoms with Crippen LogP contribution in [0.3, 0.4) is 0 Å². The molecule has 0 saturated heterocycles. The van der Waals surface area contributed by atoms with Crippen molar-refractivity contribution >= 4 is 21.6 Å². The van der Waals surface area contributed by atoms with E-state index in [1.807, 2.05) is 19.1 Å². The molecule has 0 saturated carbocycles. The molecule has 108 valence electrons. The molecule has 0 atom stereocenters. The van der Waals surface area contributed by atoms with E-state index in [1.54, 1.807) is 19.2 Å². The smallest absolute Gasteiger partial charge is 0.215 e. The van der Waals surface area contributed by atoms with Crippen LogP contribution in [0.1, 0.15) is 18.9 Å². The Morgan fingerprint density at radius 2 is 1.84 bits per heavy atom. The van der Waals surface area contributed by atoms with E-state index in [4.69, 9.17) is 11.6 Å². The van der Waals surface area contributed by atoms with Gasteiger partial charge in [-0.2, -0.15) is 0 Å². The summed E-state index contributed by atoms with van der Waals surface area (Å²) in [5.74, 6) is 0.122. The van der Waals surface area contributed by atoms with E-state index in [0.29, 0.717) is 18.1 Å². The highest BCUT2D eigenvalue weighted by Crippen LogP contribution is 2.12. The average Bonchev–Trinajstić information content (AvgIpc) is 2.37. The second-order valence-electron chi connectivity index (χ2n) is 4.45. The minimum absolute atomic E-state index is 0.122. The van der Waals surface area contributed by atoms with Crippen LogP contribution in [0.4, 0.5) is 0 Å². The third-order valence-corrected chi connectivity index (χ3v) is 4.81. The molecule has 0 amide bonds. The van der Waals surface area contributed by atoms with Gasteiger partial charge in [0, 0.05) is 25.2 Å². The molecule has 1 aromatic rings. The SMILES string of the molecule is CCCNCCS(=O)(=O)N(C)Cc1ccc(Cl)cc1. The van der Waals surface area contributed by atoms with Gasteiger partial charge in [-0.05, 0) is 30.7 Å². The lowest BCUT2D eigenvalue weighted by Crippen LogP contribution is -2.33. The van der Waals surface area contributed by atoms with Gasteiger partial charge in [0.15, 0.2) is 0 Å². The van der Waals surface area contributed by atoms with Crippen LogP contribution in [0.15, 0.2) is 24.3 Å². The van der Waals surface area contributed by atoms with Crippen LogP contribution in [0.2, 0.25) is 5.02 Å². The molecule has 6 heteroatoms. The summed E-state index contributed by atoms with van der Waals surface area (Å²) in [5, 5.41) is 3.75. The van der Waals surface area contributed by atoms with Gasteiger partial charge in [-0.3, -0.25) is 0 Å². The molecule has 0 aromatic heterocycles. The lowest BCUT2D eigenvalue weighted by molar-refractivity contribution is 0.465. The van der Waals surface area contributed by atoms with Gasteiger partial charge in [0.05, 0.1) is 5.75 Å². The predicted octanol–water partition coefficient (Wildman–Crippen LogP) is 2.10. The molecule has 0 radical (unpaired) electrons. The molecule has 1 N–H and O–H groups in total. The number of hydrogen-bond acceptors (Lipinski definition) is 3. The van der Waals surface area contributed by atoms with E-state index in [1.165, 1.54) is 4.31 Å². The number of halogens is 1. The van der Waals surface area contributed by atoms with Crippen molar-refractivity contribution in [1.29, 1.82) is 0 Å². The van der Waals surface area contributed by atoms with E-state index >= 15 is 0 Å². The Hall–Kier alpha value is -0.620. The molecule has 1 aromatic carbocycles. The fraction of sp³-hybridized carbons (Fsp3) is 0.538. The Morgan fingerprint density at radius 3 is 2.42 bits per heavy atom. The van der Waals surface area contributed by atoms with Crippen LogP contribution in [-0.4, -0.2) is 38.6 Å². The lowest BCUT2D eigenvalue weighted by Gasteiger charge is -2.17. The highest BCUT2D eigenvalue weighted by Gasteiger charge is 2.17. The Bertz CT molecular complexity index is 474. The average molecular weight is 305 g/mol. The first-order valence-electron chi connectivity index (χ1n) is 6.35. The summed E-state index contributed by atoms with van der Waals surface area (Å²) in [7, 11) is -1.61. The van der Waals surface area contributed by atoms with E-state index < -0.39 is 10.0 Å².